The number of aromatic nitrogens is 3. The first-order valence-corrected chi connectivity index (χ1v) is 10.7. The number of nitrogens with zero attached hydrogens (tertiary/aromatic N) is 5. The molecule has 152 valence electrons. The Hall–Kier alpha value is -2.49. The number of carbonyl (C=O) groups excluding carboxylic acids is 1. The maximum atomic E-state index is 12.8. The molecule has 8 nitrogen and oxygen atoms in total. The van der Waals surface area contributed by atoms with E-state index in [1.165, 1.54) is 11.3 Å². The van der Waals surface area contributed by atoms with Crippen molar-refractivity contribution in [1.29, 1.82) is 0 Å². The highest BCUT2D eigenvalue weighted by molar-refractivity contribution is 7.09. The molecule has 1 amide bonds. The molecular formula is C20H23N5O3S. The van der Waals surface area contributed by atoms with Crippen LogP contribution >= 0.6 is 11.3 Å². The number of aryl methyl sites for hydroxylation is 1. The number of hydrogen-bond acceptors (Lipinski definition) is 7. The number of pyridine rings is 1. The minimum atomic E-state index is -0.245. The van der Waals surface area contributed by atoms with Gasteiger partial charge < -0.3 is 19.3 Å². The van der Waals surface area contributed by atoms with Crippen molar-refractivity contribution < 1.29 is 14.3 Å². The third kappa shape index (κ3) is 3.61. The molecule has 0 bridgehead atoms. The number of amides is 1. The topological polar surface area (TPSA) is 72.2 Å². The molecule has 2 fully saturated rings. The molecule has 3 aromatic rings. The smallest absolute Gasteiger partial charge is 0.273 e. The monoisotopic (exact) mass is 413 g/mol. The second-order valence-electron chi connectivity index (χ2n) is 7.24. The highest BCUT2D eigenvalue weighted by Crippen LogP contribution is 2.26. The molecule has 2 saturated heterocycles. The second-order valence-corrected chi connectivity index (χ2v) is 8.30. The Labute approximate surface area is 172 Å². The largest absolute Gasteiger partial charge is 0.378 e. The lowest BCUT2D eigenvalue weighted by atomic mass is 10.2. The quantitative estimate of drug-likeness (QED) is 0.655. The van der Waals surface area contributed by atoms with Crippen molar-refractivity contribution in [2.24, 2.45) is 0 Å². The molecule has 5 heterocycles. The number of ether oxygens (including phenoxy) is 2. The standard InChI is InChI=1S/C20H23N5O3S/c1-14-21-16(13-29-14)20(26)24-7-10-28-17(12-24)15-11-25-18(22-15)3-2-4-19(25)23-5-8-27-9-6-23/h2-4,11,13,17H,5-10,12H2,1H3. The van der Waals surface area contributed by atoms with Crippen LogP contribution in [0.3, 0.4) is 0 Å². The van der Waals surface area contributed by atoms with Gasteiger partial charge in [0.05, 0.1) is 37.1 Å². The van der Waals surface area contributed by atoms with Gasteiger partial charge in [-0.05, 0) is 19.1 Å². The molecule has 0 radical (unpaired) electrons. The Morgan fingerprint density at radius 3 is 2.83 bits per heavy atom. The van der Waals surface area contributed by atoms with Crippen LogP contribution < -0.4 is 4.90 Å². The third-order valence-corrected chi connectivity index (χ3v) is 6.12. The predicted molar refractivity (Wildman–Crippen MR) is 110 cm³/mol. The van der Waals surface area contributed by atoms with Crippen molar-refractivity contribution in [1.82, 2.24) is 19.3 Å². The van der Waals surface area contributed by atoms with Crippen LogP contribution in [0.2, 0.25) is 0 Å². The van der Waals surface area contributed by atoms with Gasteiger partial charge in [-0.25, -0.2) is 9.97 Å². The van der Waals surface area contributed by atoms with Gasteiger partial charge in [-0.2, -0.15) is 0 Å². The van der Waals surface area contributed by atoms with Crippen LogP contribution in [0.5, 0.6) is 0 Å². The lowest BCUT2D eigenvalue weighted by Crippen LogP contribution is -2.42. The summed E-state index contributed by atoms with van der Waals surface area (Å²) in [4.78, 5) is 26.0. The van der Waals surface area contributed by atoms with Gasteiger partial charge in [-0.1, -0.05) is 6.07 Å². The summed E-state index contributed by atoms with van der Waals surface area (Å²) < 4.78 is 13.6. The van der Waals surface area contributed by atoms with Gasteiger partial charge in [-0.15, -0.1) is 11.3 Å². The number of rotatable bonds is 3. The molecule has 9 heteroatoms. The highest BCUT2D eigenvalue weighted by atomic mass is 32.1. The molecule has 5 rings (SSSR count). The van der Waals surface area contributed by atoms with E-state index in [4.69, 9.17) is 14.5 Å². The highest BCUT2D eigenvalue weighted by Gasteiger charge is 2.29. The number of carbonyl (C=O) groups is 1. The number of hydrogen-bond donors (Lipinski definition) is 0. The zero-order chi connectivity index (χ0) is 19.8. The van der Waals surface area contributed by atoms with Crippen LogP contribution in [0.15, 0.2) is 29.8 Å². The first-order valence-electron chi connectivity index (χ1n) is 9.83. The number of thiazole rings is 1. The maximum Gasteiger partial charge on any atom is 0.273 e. The summed E-state index contributed by atoms with van der Waals surface area (Å²) in [5, 5.41) is 2.72. The summed E-state index contributed by atoms with van der Waals surface area (Å²) in [5.74, 6) is 1.06. The van der Waals surface area contributed by atoms with Crippen LogP contribution in [0.1, 0.15) is 27.3 Å². The molecule has 2 aliphatic heterocycles. The minimum absolute atomic E-state index is 0.0413. The zero-order valence-electron chi connectivity index (χ0n) is 16.3. The Morgan fingerprint density at radius 2 is 2.03 bits per heavy atom. The molecule has 0 aromatic carbocycles. The van der Waals surface area contributed by atoms with Gasteiger partial charge in [-0.3, -0.25) is 9.20 Å². The number of fused-ring (bicyclic) bond motifs is 1. The molecule has 0 aliphatic carbocycles. The van der Waals surface area contributed by atoms with Crippen molar-refractivity contribution in [3.05, 3.63) is 46.2 Å². The van der Waals surface area contributed by atoms with Gasteiger partial charge >= 0.3 is 0 Å². The molecule has 0 saturated carbocycles. The van der Waals surface area contributed by atoms with E-state index < -0.39 is 0 Å². The summed E-state index contributed by atoms with van der Waals surface area (Å²) in [7, 11) is 0. The van der Waals surface area contributed by atoms with E-state index in [0.717, 1.165) is 48.5 Å². The van der Waals surface area contributed by atoms with E-state index in [1.807, 2.05) is 35.5 Å². The fourth-order valence-electron chi connectivity index (χ4n) is 3.86. The average Bonchev–Trinajstić information content (AvgIpc) is 3.40. The fraction of sp³-hybridized carbons (Fsp3) is 0.450. The van der Waals surface area contributed by atoms with Gasteiger partial charge in [0.25, 0.3) is 5.91 Å². The van der Waals surface area contributed by atoms with Gasteiger partial charge in [0.15, 0.2) is 0 Å². The minimum Gasteiger partial charge on any atom is -0.378 e. The van der Waals surface area contributed by atoms with Crippen molar-refractivity contribution in [2.45, 2.75) is 13.0 Å². The molecule has 2 aliphatic rings. The Morgan fingerprint density at radius 1 is 1.17 bits per heavy atom. The maximum absolute atomic E-state index is 12.8. The molecule has 0 spiro atoms. The number of morpholine rings is 2. The van der Waals surface area contributed by atoms with Crippen LogP contribution in [0.4, 0.5) is 5.82 Å². The first-order chi connectivity index (χ1) is 14.2. The van der Waals surface area contributed by atoms with Crippen molar-refractivity contribution >= 4 is 28.7 Å². The third-order valence-electron chi connectivity index (χ3n) is 5.35. The van der Waals surface area contributed by atoms with Crippen molar-refractivity contribution in [3.63, 3.8) is 0 Å². The van der Waals surface area contributed by atoms with Crippen LogP contribution in [0.25, 0.3) is 5.65 Å². The second kappa shape index (κ2) is 7.74. The summed E-state index contributed by atoms with van der Waals surface area (Å²) in [5.41, 5.74) is 2.24. The lowest BCUT2D eigenvalue weighted by molar-refractivity contribution is -0.0246. The predicted octanol–water partition coefficient (Wildman–Crippen LogP) is 2.15. The first kappa shape index (κ1) is 18.5. The van der Waals surface area contributed by atoms with Crippen molar-refractivity contribution in [3.8, 4) is 0 Å². The van der Waals surface area contributed by atoms with Crippen LogP contribution in [-0.4, -0.2) is 71.2 Å². The molecule has 1 unspecified atom stereocenters. The van der Waals surface area contributed by atoms with E-state index >= 15 is 0 Å². The Bertz CT molecular complexity index is 1030. The van der Waals surface area contributed by atoms with E-state index in [2.05, 4.69) is 20.4 Å². The molecule has 29 heavy (non-hydrogen) atoms. The Balaban J connectivity index is 1.39. The van der Waals surface area contributed by atoms with E-state index in [9.17, 15) is 4.79 Å². The molecule has 3 aromatic heterocycles. The number of imidazole rings is 1. The molecular weight excluding hydrogens is 390 g/mol. The van der Waals surface area contributed by atoms with Crippen molar-refractivity contribution in [2.75, 3.05) is 50.9 Å². The SMILES string of the molecule is Cc1nc(C(=O)N2CCOC(c3cn4c(N5CCOCC5)cccc4n3)C2)cs1. The summed E-state index contributed by atoms with van der Waals surface area (Å²) in [6.07, 6.45) is 1.79. The van der Waals surface area contributed by atoms with E-state index in [0.29, 0.717) is 25.4 Å². The zero-order valence-corrected chi connectivity index (χ0v) is 17.1. The summed E-state index contributed by atoms with van der Waals surface area (Å²) in [6.45, 7) is 6.64. The molecule has 0 N–H and O–H groups in total. The van der Waals surface area contributed by atoms with Crippen LogP contribution in [-0.2, 0) is 9.47 Å². The Kier molecular flexibility index (Phi) is 4.94. The van der Waals surface area contributed by atoms with Gasteiger partial charge in [0.2, 0.25) is 0 Å². The lowest BCUT2D eigenvalue weighted by Gasteiger charge is -2.31. The van der Waals surface area contributed by atoms with Gasteiger partial charge in [0.1, 0.15) is 23.3 Å². The fourth-order valence-corrected chi connectivity index (χ4v) is 4.44. The summed E-state index contributed by atoms with van der Waals surface area (Å²) in [6, 6.07) is 6.13. The molecule has 1 atom stereocenters. The average molecular weight is 414 g/mol. The van der Waals surface area contributed by atoms with Gasteiger partial charge in [0, 0.05) is 31.2 Å². The van der Waals surface area contributed by atoms with E-state index in [1.54, 1.807) is 0 Å². The normalized spacial score (nSPS) is 20.4. The van der Waals surface area contributed by atoms with Crippen LogP contribution in [0, 0.1) is 6.92 Å². The summed E-state index contributed by atoms with van der Waals surface area (Å²) >= 11 is 1.49. The number of anilines is 1. The van der Waals surface area contributed by atoms with E-state index in [-0.39, 0.29) is 12.0 Å².